The molecule has 2 atom stereocenters. The molecule has 2 unspecified atom stereocenters. The van der Waals surface area contributed by atoms with Crippen LogP contribution in [-0.2, 0) is 5.75 Å². The van der Waals surface area contributed by atoms with E-state index < -0.39 is 0 Å². The van der Waals surface area contributed by atoms with Crippen LogP contribution < -0.4 is 5.73 Å². The summed E-state index contributed by atoms with van der Waals surface area (Å²) in [4.78, 5) is 0. The van der Waals surface area contributed by atoms with Crippen molar-refractivity contribution in [3.8, 4) is 0 Å². The van der Waals surface area contributed by atoms with Crippen molar-refractivity contribution in [2.45, 2.75) is 44.2 Å². The first kappa shape index (κ1) is 15.5. The van der Waals surface area contributed by atoms with E-state index in [4.69, 9.17) is 5.73 Å². The predicted molar refractivity (Wildman–Crippen MR) is 80.8 cm³/mol. The molecule has 18 heavy (non-hydrogen) atoms. The molecule has 0 fully saturated rings. The van der Waals surface area contributed by atoms with Gasteiger partial charge in [-0.05, 0) is 30.4 Å². The third-order valence-corrected chi connectivity index (χ3v) is 4.52. The van der Waals surface area contributed by atoms with Gasteiger partial charge in [0.2, 0.25) is 0 Å². The molecule has 0 radical (unpaired) electrons. The van der Waals surface area contributed by atoms with Crippen LogP contribution in [0, 0.1) is 12.8 Å². The number of aliphatic hydroxyl groups excluding tert-OH is 1. The molecule has 0 saturated carbocycles. The Morgan fingerprint density at radius 2 is 1.94 bits per heavy atom. The normalized spacial score (nSPS) is 14.8. The zero-order valence-electron chi connectivity index (χ0n) is 11.6. The highest BCUT2D eigenvalue weighted by Gasteiger charge is 2.18. The molecule has 3 heteroatoms. The van der Waals surface area contributed by atoms with Gasteiger partial charge in [-0.2, -0.15) is 0 Å². The van der Waals surface area contributed by atoms with Crippen molar-refractivity contribution in [1.82, 2.24) is 0 Å². The fraction of sp³-hybridized carbons (Fsp3) is 0.600. The number of aryl methyl sites for hydroxylation is 1. The van der Waals surface area contributed by atoms with Crippen molar-refractivity contribution in [1.29, 1.82) is 0 Å². The van der Waals surface area contributed by atoms with Gasteiger partial charge >= 0.3 is 0 Å². The van der Waals surface area contributed by atoms with E-state index in [-0.39, 0.29) is 17.9 Å². The Labute approximate surface area is 115 Å². The van der Waals surface area contributed by atoms with Gasteiger partial charge in [-0.3, -0.25) is 0 Å². The Balaban J connectivity index is 2.52. The van der Waals surface area contributed by atoms with E-state index >= 15 is 0 Å². The van der Waals surface area contributed by atoms with Gasteiger partial charge in [-0.25, -0.2) is 0 Å². The minimum Gasteiger partial charge on any atom is -0.395 e. The van der Waals surface area contributed by atoms with Crippen LogP contribution in [0.1, 0.15) is 31.4 Å². The van der Waals surface area contributed by atoms with Gasteiger partial charge in [-0.15, -0.1) is 11.8 Å². The molecule has 1 rings (SSSR count). The minimum atomic E-state index is 0.0732. The van der Waals surface area contributed by atoms with E-state index in [2.05, 4.69) is 45.0 Å². The summed E-state index contributed by atoms with van der Waals surface area (Å²) in [6.07, 6.45) is 0.964. The second-order valence-corrected chi connectivity index (χ2v) is 6.48. The van der Waals surface area contributed by atoms with Gasteiger partial charge in [0.15, 0.2) is 0 Å². The van der Waals surface area contributed by atoms with Crippen LogP contribution in [0.2, 0.25) is 0 Å². The summed E-state index contributed by atoms with van der Waals surface area (Å²) in [6.45, 7) is 6.61. The Bertz CT molecular complexity index is 354. The first-order valence-corrected chi connectivity index (χ1v) is 7.62. The van der Waals surface area contributed by atoms with Gasteiger partial charge in [-0.1, -0.05) is 38.1 Å². The maximum absolute atomic E-state index is 9.46. The fourth-order valence-corrected chi connectivity index (χ4v) is 3.16. The molecule has 0 aliphatic carbocycles. The Hall–Kier alpha value is -0.510. The number of hydrogen-bond donors (Lipinski definition) is 2. The van der Waals surface area contributed by atoms with Crippen molar-refractivity contribution in [2.75, 3.05) is 6.61 Å². The Morgan fingerprint density at radius 3 is 2.50 bits per heavy atom. The fourth-order valence-electron chi connectivity index (χ4n) is 1.98. The van der Waals surface area contributed by atoms with Gasteiger partial charge in [0.1, 0.15) is 0 Å². The quantitative estimate of drug-likeness (QED) is 0.798. The molecule has 0 bridgehead atoms. The summed E-state index contributed by atoms with van der Waals surface area (Å²) in [5.74, 6) is 1.50. The number of rotatable bonds is 7. The van der Waals surface area contributed by atoms with Crippen LogP contribution in [0.25, 0.3) is 0 Å². The molecule has 0 amide bonds. The second kappa shape index (κ2) is 7.82. The molecule has 0 spiro atoms. The van der Waals surface area contributed by atoms with Crippen molar-refractivity contribution < 1.29 is 5.11 Å². The highest BCUT2D eigenvalue weighted by atomic mass is 32.2. The molecule has 3 N–H and O–H groups in total. The largest absolute Gasteiger partial charge is 0.395 e. The van der Waals surface area contributed by atoms with Crippen molar-refractivity contribution in [3.05, 3.63) is 35.4 Å². The van der Waals surface area contributed by atoms with Crippen molar-refractivity contribution in [2.24, 2.45) is 11.7 Å². The summed E-state index contributed by atoms with van der Waals surface area (Å²) in [7, 11) is 0. The third kappa shape index (κ3) is 5.01. The van der Waals surface area contributed by atoms with Crippen molar-refractivity contribution >= 4 is 11.8 Å². The molecule has 102 valence electrons. The van der Waals surface area contributed by atoms with Crippen LogP contribution in [-0.4, -0.2) is 23.0 Å². The van der Waals surface area contributed by atoms with Gasteiger partial charge in [0, 0.05) is 17.0 Å². The van der Waals surface area contributed by atoms with Crippen LogP contribution in [0.15, 0.2) is 24.3 Å². The molecule has 2 nitrogen and oxygen atoms in total. The number of thioether (sulfide) groups is 1. The van der Waals surface area contributed by atoms with Gasteiger partial charge in [0.05, 0.1) is 6.61 Å². The SMILES string of the molecule is Cc1ccccc1CSC(CO)C(N)CC(C)C. The maximum atomic E-state index is 9.46. The molecule has 0 aromatic heterocycles. The smallest absolute Gasteiger partial charge is 0.0565 e. The minimum absolute atomic E-state index is 0.0732. The van der Waals surface area contributed by atoms with Gasteiger partial charge < -0.3 is 10.8 Å². The summed E-state index contributed by atoms with van der Waals surface area (Å²) in [5, 5.41) is 9.59. The zero-order valence-corrected chi connectivity index (χ0v) is 12.4. The lowest BCUT2D eigenvalue weighted by atomic mass is 10.0. The highest BCUT2D eigenvalue weighted by molar-refractivity contribution is 7.99. The van der Waals surface area contributed by atoms with Crippen LogP contribution in [0.3, 0.4) is 0 Å². The predicted octanol–water partition coefficient (Wildman–Crippen LogP) is 2.96. The highest BCUT2D eigenvalue weighted by Crippen LogP contribution is 2.23. The van der Waals surface area contributed by atoms with Crippen molar-refractivity contribution in [3.63, 3.8) is 0 Å². The van der Waals surface area contributed by atoms with E-state index in [9.17, 15) is 5.11 Å². The maximum Gasteiger partial charge on any atom is 0.0565 e. The number of benzene rings is 1. The lowest BCUT2D eigenvalue weighted by Crippen LogP contribution is -2.36. The number of hydrogen-bond acceptors (Lipinski definition) is 3. The lowest BCUT2D eigenvalue weighted by molar-refractivity contribution is 0.275. The van der Waals surface area contributed by atoms with E-state index in [0.29, 0.717) is 5.92 Å². The van der Waals surface area contributed by atoms with Gasteiger partial charge in [0.25, 0.3) is 0 Å². The lowest BCUT2D eigenvalue weighted by Gasteiger charge is -2.23. The molecule has 0 saturated heterocycles. The molecular weight excluding hydrogens is 242 g/mol. The number of aliphatic hydroxyl groups is 1. The van der Waals surface area contributed by atoms with Crippen LogP contribution in [0.5, 0.6) is 0 Å². The first-order chi connectivity index (χ1) is 8.54. The number of nitrogens with two attached hydrogens (primary N) is 1. The summed E-state index contributed by atoms with van der Waals surface area (Å²) < 4.78 is 0. The topological polar surface area (TPSA) is 46.2 Å². The summed E-state index contributed by atoms with van der Waals surface area (Å²) in [5.41, 5.74) is 8.79. The molecule has 1 aromatic carbocycles. The Morgan fingerprint density at radius 1 is 1.28 bits per heavy atom. The third-order valence-electron chi connectivity index (χ3n) is 3.12. The molecule has 0 aliphatic rings. The molecule has 0 aliphatic heterocycles. The molecule has 0 heterocycles. The van der Waals surface area contributed by atoms with E-state index in [1.165, 1.54) is 11.1 Å². The molecule has 1 aromatic rings. The monoisotopic (exact) mass is 267 g/mol. The van der Waals surface area contributed by atoms with E-state index in [1.54, 1.807) is 11.8 Å². The average Bonchev–Trinajstić information content (AvgIpc) is 2.31. The average molecular weight is 267 g/mol. The summed E-state index contributed by atoms with van der Waals surface area (Å²) >= 11 is 1.76. The first-order valence-electron chi connectivity index (χ1n) is 6.57. The summed E-state index contributed by atoms with van der Waals surface area (Å²) in [6, 6.07) is 8.45. The van der Waals surface area contributed by atoms with Crippen LogP contribution >= 0.6 is 11.8 Å². The van der Waals surface area contributed by atoms with Crippen LogP contribution in [0.4, 0.5) is 0 Å². The second-order valence-electron chi connectivity index (χ2n) is 5.25. The zero-order chi connectivity index (χ0) is 13.5. The standard InChI is InChI=1S/C15H25NOS/c1-11(2)8-14(16)15(9-17)18-10-13-7-5-4-6-12(13)3/h4-7,11,14-15,17H,8-10,16H2,1-3H3. The molecular formula is C15H25NOS. The van der Waals surface area contributed by atoms with E-state index in [0.717, 1.165) is 12.2 Å². The Kier molecular flexibility index (Phi) is 6.76. The van der Waals surface area contributed by atoms with E-state index in [1.807, 2.05) is 0 Å².